The molecule has 0 aromatic heterocycles. The molecule has 1 saturated carbocycles. The van der Waals surface area contributed by atoms with Gasteiger partial charge in [0, 0.05) is 5.54 Å². The molecule has 1 aliphatic carbocycles. The molecule has 0 spiro atoms. The Balaban J connectivity index is 2.02. The van der Waals surface area contributed by atoms with Crippen LogP contribution in [0.4, 0.5) is 13.2 Å². The lowest BCUT2D eigenvalue weighted by molar-refractivity contribution is -0.327. The largest absolute Gasteiger partial charge is 0.522 e. The maximum Gasteiger partial charge on any atom is 0.522 e. The van der Waals surface area contributed by atoms with E-state index in [-0.39, 0.29) is 12.1 Å². The van der Waals surface area contributed by atoms with Gasteiger partial charge in [-0.05, 0) is 12.8 Å². The molecule has 2 N–H and O–H groups in total. The zero-order valence-electron chi connectivity index (χ0n) is 8.48. The van der Waals surface area contributed by atoms with E-state index >= 15 is 0 Å². The Hall–Kier alpha value is -0.330. The molecule has 90 valence electrons. The van der Waals surface area contributed by atoms with Crippen LogP contribution in [0.5, 0.6) is 0 Å². The second-order valence-electron chi connectivity index (χ2n) is 3.92. The lowest BCUT2D eigenvalue weighted by Gasteiger charge is -2.23. The molecule has 0 aromatic rings. The van der Waals surface area contributed by atoms with Gasteiger partial charge in [-0.1, -0.05) is 12.8 Å². The van der Waals surface area contributed by atoms with Crippen molar-refractivity contribution in [3.8, 4) is 0 Å². The number of halogens is 3. The average molecular weight is 227 g/mol. The molecule has 0 unspecified atom stereocenters. The van der Waals surface area contributed by atoms with Crippen LogP contribution >= 0.6 is 0 Å². The highest BCUT2D eigenvalue weighted by atomic mass is 19.4. The molecule has 3 nitrogen and oxygen atoms in total. The molecule has 0 atom stereocenters. The second-order valence-corrected chi connectivity index (χ2v) is 3.92. The van der Waals surface area contributed by atoms with E-state index in [2.05, 4.69) is 4.74 Å². The second kappa shape index (κ2) is 5.14. The molecule has 6 heteroatoms. The van der Waals surface area contributed by atoms with Gasteiger partial charge in [0.1, 0.15) is 0 Å². The first-order valence-corrected chi connectivity index (χ1v) is 4.99. The van der Waals surface area contributed by atoms with E-state index in [1.54, 1.807) is 0 Å². The molecule has 0 radical (unpaired) electrons. The molecule has 0 bridgehead atoms. The highest BCUT2D eigenvalue weighted by Crippen LogP contribution is 2.27. The average Bonchev–Trinajstić information content (AvgIpc) is 2.50. The van der Waals surface area contributed by atoms with Crippen LogP contribution in [0.15, 0.2) is 0 Å². The Kier molecular flexibility index (Phi) is 4.36. The fourth-order valence-corrected chi connectivity index (χ4v) is 1.72. The van der Waals surface area contributed by atoms with Crippen molar-refractivity contribution >= 4 is 0 Å². The van der Waals surface area contributed by atoms with Crippen LogP contribution in [0.25, 0.3) is 0 Å². The van der Waals surface area contributed by atoms with E-state index in [1.165, 1.54) is 0 Å². The number of rotatable bonds is 5. The van der Waals surface area contributed by atoms with E-state index in [9.17, 15) is 13.2 Å². The van der Waals surface area contributed by atoms with E-state index in [0.717, 1.165) is 25.7 Å². The van der Waals surface area contributed by atoms with Crippen LogP contribution in [-0.4, -0.2) is 31.7 Å². The van der Waals surface area contributed by atoms with Crippen LogP contribution in [0.2, 0.25) is 0 Å². The van der Waals surface area contributed by atoms with Crippen molar-refractivity contribution < 1.29 is 22.6 Å². The number of nitrogens with two attached hydrogens (primary N) is 1. The Bertz CT molecular complexity index is 190. The van der Waals surface area contributed by atoms with Gasteiger partial charge in [0.05, 0.1) is 19.8 Å². The molecule has 1 rings (SSSR count). The van der Waals surface area contributed by atoms with Crippen molar-refractivity contribution in [2.75, 3.05) is 19.8 Å². The summed E-state index contributed by atoms with van der Waals surface area (Å²) in [5, 5.41) is 0. The third-order valence-electron chi connectivity index (χ3n) is 2.48. The van der Waals surface area contributed by atoms with Crippen molar-refractivity contribution in [3.63, 3.8) is 0 Å². The first-order valence-electron chi connectivity index (χ1n) is 4.99. The SMILES string of the molecule is NC1(COCCOC(F)(F)F)CCCC1. The van der Waals surface area contributed by atoms with E-state index in [1.807, 2.05) is 0 Å². The van der Waals surface area contributed by atoms with E-state index in [0.29, 0.717) is 6.61 Å². The minimum atomic E-state index is -4.57. The summed E-state index contributed by atoms with van der Waals surface area (Å²) in [6, 6.07) is 0. The number of hydrogen-bond acceptors (Lipinski definition) is 3. The molecule has 0 aromatic carbocycles. The normalized spacial score (nSPS) is 20.8. The van der Waals surface area contributed by atoms with Crippen molar-refractivity contribution in [2.24, 2.45) is 5.73 Å². The summed E-state index contributed by atoms with van der Waals surface area (Å²) >= 11 is 0. The van der Waals surface area contributed by atoms with Crippen LogP contribution in [0.3, 0.4) is 0 Å². The Morgan fingerprint density at radius 2 is 1.73 bits per heavy atom. The van der Waals surface area contributed by atoms with Crippen molar-refractivity contribution in [1.29, 1.82) is 0 Å². The third-order valence-corrected chi connectivity index (χ3v) is 2.48. The summed E-state index contributed by atoms with van der Waals surface area (Å²) in [6.07, 6.45) is -0.671. The van der Waals surface area contributed by atoms with Gasteiger partial charge in [-0.25, -0.2) is 0 Å². The number of ether oxygens (including phenoxy) is 2. The molecule has 0 saturated heterocycles. The lowest BCUT2D eigenvalue weighted by atomic mass is 10.0. The van der Waals surface area contributed by atoms with Crippen molar-refractivity contribution in [3.05, 3.63) is 0 Å². The maximum atomic E-state index is 11.6. The zero-order valence-corrected chi connectivity index (χ0v) is 8.48. The molecule has 15 heavy (non-hydrogen) atoms. The fourth-order valence-electron chi connectivity index (χ4n) is 1.72. The summed E-state index contributed by atoms with van der Waals surface area (Å²) in [4.78, 5) is 0. The van der Waals surface area contributed by atoms with Crippen molar-refractivity contribution in [2.45, 2.75) is 37.6 Å². The van der Waals surface area contributed by atoms with Gasteiger partial charge in [0.15, 0.2) is 0 Å². The van der Waals surface area contributed by atoms with Crippen molar-refractivity contribution in [1.82, 2.24) is 0 Å². The van der Waals surface area contributed by atoms with Crippen LogP contribution in [0.1, 0.15) is 25.7 Å². The molecule has 0 aliphatic heterocycles. The topological polar surface area (TPSA) is 44.5 Å². The van der Waals surface area contributed by atoms with E-state index in [4.69, 9.17) is 10.5 Å². The minimum Gasteiger partial charge on any atom is -0.377 e. The molecular formula is C9H16F3NO2. The van der Waals surface area contributed by atoms with Gasteiger partial charge >= 0.3 is 6.36 Å². The zero-order chi connectivity index (χ0) is 11.4. The molecule has 0 heterocycles. The van der Waals surface area contributed by atoms with Crippen LogP contribution in [0, 0.1) is 0 Å². The highest BCUT2D eigenvalue weighted by molar-refractivity contribution is 4.88. The Morgan fingerprint density at radius 1 is 1.13 bits per heavy atom. The van der Waals surface area contributed by atoms with Gasteiger partial charge in [-0.2, -0.15) is 0 Å². The first kappa shape index (κ1) is 12.7. The third kappa shape index (κ3) is 5.34. The fraction of sp³-hybridized carbons (Fsp3) is 1.00. The summed E-state index contributed by atoms with van der Waals surface area (Å²) in [5.74, 6) is 0. The van der Waals surface area contributed by atoms with Gasteiger partial charge in [-0.3, -0.25) is 4.74 Å². The lowest BCUT2D eigenvalue weighted by Crippen LogP contribution is -2.41. The Morgan fingerprint density at radius 3 is 2.27 bits per heavy atom. The van der Waals surface area contributed by atoms with Gasteiger partial charge in [0.25, 0.3) is 0 Å². The Labute approximate surface area is 86.7 Å². The molecule has 1 fully saturated rings. The highest BCUT2D eigenvalue weighted by Gasteiger charge is 2.30. The monoisotopic (exact) mass is 227 g/mol. The van der Waals surface area contributed by atoms with Crippen LogP contribution < -0.4 is 5.73 Å². The summed E-state index contributed by atoms with van der Waals surface area (Å²) in [5.41, 5.74) is 5.60. The standard InChI is InChI=1S/C9H16F3NO2/c10-9(11,12)15-6-5-14-7-8(13)3-1-2-4-8/h1-7,13H2. The predicted molar refractivity (Wildman–Crippen MR) is 48.2 cm³/mol. The van der Waals surface area contributed by atoms with Gasteiger partial charge in [-0.15, -0.1) is 13.2 Å². The van der Waals surface area contributed by atoms with Gasteiger partial charge < -0.3 is 10.5 Å². The molecular weight excluding hydrogens is 211 g/mol. The summed E-state index contributed by atoms with van der Waals surface area (Å²) in [7, 11) is 0. The quantitative estimate of drug-likeness (QED) is 0.728. The number of hydrogen-bond donors (Lipinski definition) is 1. The molecule has 1 aliphatic rings. The maximum absolute atomic E-state index is 11.6. The predicted octanol–water partition coefficient (Wildman–Crippen LogP) is 1.81. The van der Waals surface area contributed by atoms with E-state index < -0.39 is 13.0 Å². The minimum absolute atomic E-state index is 0.0710. The first-order chi connectivity index (χ1) is 6.91. The summed E-state index contributed by atoms with van der Waals surface area (Å²) in [6.45, 7) is -0.230. The molecule has 0 amide bonds. The van der Waals surface area contributed by atoms with Crippen LogP contribution in [-0.2, 0) is 9.47 Å². The summed E-state index contributed by atoms with van der Waals surface area (Å²) < 4.78 is 43.3. The smallest absolute Gasteiger partial charge is 0.377 e. The number of alkyl halides is 3. The van der Waals surface area contributed by atoms with Gasteiger partial charge in [0.2, 0.25) is 0 Å².